The molecule has 3 rings (SSSR count). The van der Waals surface area contributed by atoms with Crippen molar-refractivity contribution in [1.82, 2.24) is 4.98 Å². The summed E-state index contributed by atoms with van der Waals surface area (Å²) in [6, 6.07) is 6.55. The molecule has 28 heavy (non-hydrogen) atoms. The van der Waals surface area contributed by atoms with Crippen molar-refractivity contribution in [3.63, 3.8) is 0 Å². The Hall–Kier alpha value is -2.72. The number of aromatic nitrogens is 1. The maximum atomic E-state index is 13.0. The number of nitrogens with zero attached hydrogens (tertiary/aromatic N) is 1. The fourth-order valence-corrected chi connectivity index (χ4v) is 4.02. The Morgan fingerprint density at radius 1 is 1.11 bits per heavy atom. The summed E-state index contributed by atoms with van der Waals surface area (Å²) in [7, 11) is 0. The molecule has 2 N–H and O–H groups in total. The van der Waals surface area contributed by atoms with Crippen LogP contribution in [-0.2, 0) is 22.2 Å². The average molecular weight is 425 g/mol. The van der Waals surface area contributed by atoms with Crippen molar-refractivity contribution >= 4 is 45.9 Å². The van der Waals surface area contributed by atoms with E-state index in [-0.39, 0.29) is 17.8 Å². The van der Waals surface area contributed by atoms with Gasteiger partial charge in [0.25, 0.3) is 0 Å². The maximum absolute atomic E-state index is 13.0. The van der Waals surface area contributed by atoms with Gasteiger partial charge in [0.15, 0.2) is 0 Å². The molecule has 146 valence electrons. The Balaban J connectivity index is 1.77. The first-order valence-corrected chi connectivity index (χ1v) is 9.75. The van der Waals surface area contributed by atoms with E-state index in [0.717, 1.165) is 28.1 Å². The third-order valence-electron chi connectivity index (χ3n) is 3.56. The van der Waals surface area contributed by atoms with Gasteiger partial charge in [0, 0.05) is 12.3 Å². The molecule has 0 aliphatic carbocycles. The van der Waals surface area contributed by atoms with Gasteiger partial charge in [-0.3, -0.25) is 9.59 Å². The molecule has 0 aliphatic heterocycles. The summed E-state index contributed by atoms with van der Waals surface area (Å²) in [4.78, 5) is 29.0. The smallest absolute Gasteiger partial charge is 0.325 e. The van der Waals surface area contributed by atoms with Crippen LogP contribution in [0.2, 0.25) is 0 Å². The van der Waals surface area contributed by atoms with Gasteiger partial charge in [-0.2, -0.15) is 13.2 Å². The number of thiophene rings is 1. The zero-order chi connectivity index (χ0) is 20.3. The first kappa shape index (κ1) is 20.0. The number of benzene rings is 1. The molecule has 0 aliphatic rings. The van der Waals surface area contributed by atoms with Gasteiger partial charge in [0.1, 0.15) is 5.01 Å². The van der Waals surface area contributed by atoms with Crippen LogP contribution >= 0.6 is 22.7 Å². The number of amides is 2. The predicted octanol–water partition coefficient (Wildman–Crippen LogP) is 5.03. The Labute approximate surface area is 166 Å². The van der Waals surface area contributed by atoms with Gasteiger partial charge in [0.2, 0.25) is 11.8 Å². The van der Waals surface area contributed by atoms with E-state index < -0.39 is 23.6 Å². The van der Waals surface area contributed by atoms with Gasteiger partial charge in [-0.05, 0) is 29.6 Å². The topological polar surface area (TPSA) is 71.1 Å². The molecular weight excluding hydrogens is 411 g/mol. The third-order valence-corrected chi connectivity index (χ3v) is 5.49. The van der Waals surface area contributed by atoms with Crippen molar-refractivity contribution in [2.24, 2.45) is 0 Å². The second-order valence-electron chi connectivity index (χ2n) is 5.79. The van der Waals surface area contributed by atoms with Crippen LogP contribution in [0.15, 0.2) is 41.1 Å². The zero-order valence-corrected chi connectivity index (χ0v) is 16.1. The largest absolute Gasteiger partial charge is 0.416 e. The zero-order valence-electron chi connectivity index (χ0n) is 14.5. The fourth-order valence-electron chi connectivity index (χ4n) is 2.38. The number of alkyl halides is 3. The number of carbonyl (C=O) groups is 2. The minimum atomic E-state index is -4.57. The second kappa shape index (κ2) is 8.11. The summed E-state index contributed by atoms with van der Waals surface area (Å²) < 4.78 is 38.9. The first-order valence-electron chi connectivity index (χ1n) is 7.99. The highest BCUT2D eigenvalue weighted by atomic mass is 32.1. The lowest BCUT2D eigenvalue weighted by molar-refractivity contribution is -0.137. The number of hydrogen-bond donors (Lipinski definition) is 2. The minimum Gasteiger partial charge on any atom is -0.325 e. The number of hydrogen-bond acceptors (Lipinski definition) is 5. The number of carbonyl (C=O) groups excluding carboxylic acids is 2. The van der Waals surface area contributed by atoms with E-state index in [1.165, 1.54) is 29.6 Å². The normalized spacial score (nSPS) is 11.3. The van der Waals surface area contributed by atoms with E-state index in [9.17, 15) is 22.8 Å². The van der Waals surface area contributed by atoms with Crippen molar-refractivity contribution in [3.05, 3.63) is 52.3 Å². The van der Waals surface area contributed by atoms with Crippen LogP contribution < -0.4 is 10.6 Å². The Morgan fingerprint density at radius 3 is 2.54 bits per heavy atom. The summed E-state index contributed by atoms with van der Waals surface area (Å²) in [6.45, 7) is 1.23. The van der Waals surface area contributed by atoms with Crippen LogP contribution in [0, 0.1) is 0 Å². The van der Waals surface area contributed by atoms with E-state index in [2.05, 4.69) is 15.6 Å². The van der Waals surface area contributed by atoms with Crippen LogP contribution in [0.5, 0.6) is 0 Å². The predicted molar refractivity (Wildman–Crippen MR) is 104 cm³/mol. The summed E-state index contributed by atoms with van der Waals surface area (Å²) in [5, 5.41) is 9.27. The lowest BCUT2D eigenvalue weighted by Gasteiger charge is -2.14. The lowest BCUT2D eigenvalue weighted by atomic mass is 10.1. The Kier molecular flexibility index (Phi) is 5.80. The van der Waals surface area contributed by atoms with Crippen LogP contribution in [0.4, 0.5) is 24.5 Å². The average Bonchev–Trinajstić information content (AvgIpc) is 3.26. The molecule has 2 amide bonds. The highest BCUT2D eigenvalue weighted by Crippen LogP contribution is 2.34. The van der Waals surface area contributed by atoms with Gasteiger partial charge in [-0.1, -0.05) is 6.07 Å². The van der Waals surface area contributed by atoms with Crippen LogP contribution in [0.3, 0.4) is 0 Å². The van der Waals surface area contributed by atoms with Gasteiger partial charge < -0.3 is 10.6 Å². The first-order chi connectivity index (χ1) is 13.2. The third kappa shape index (κ3) is 4.96. The molecule has 3 aromatic rings. The van der Waals surface area contributed by atoms with E-state index in [1.54, 1.807) is 5.38 Å². The highest BCUT2D eigenvalue weighted by molar-refractivity contribution is 7.20. The molecule has 0 saturated heterocycles. The van der Waals surface area contributed by atoms with E-state index >= 15 is 0 Å². The number of anilines is 2. The maximum Gasteiger partial charge on any atom is 0.416 e. The number of nitrogens with one attached hydrogen (secondary N) is 2. The van der Waals surface area contributed by atoms with E-state index in [4.69, 9.17) is 0 Å². The van der Waals surface area contributed by atoms with Crippen LogP contribution in [0.25, 0.3) is 9.88 Å². The van der Waals surface area contributed by atoms with Gasteiger partial charge in [-0.25, -0.2) is 4.98 Å². The monoisotopic (exact) mass is 425 g/mol. The molecule has 2 heterocycles. The Bertz CT molecular complexity index is 998. The van der Waals surface area contributed by atoms with E-state index in [0.29, 0.717) is 5.69 Å². The molecule has 0 bridgehead atoms. The van der Waals surface area contributed by atoms with Gasteiger partial charge >= 0.3 is 6.18 Å². The quantitative estimate of drug-likeness (QED) is 0.602. The molecule has 10 heteroatoms. The molecule has 0 radical (unpaired) electrons. The summed E-state index contributed by atoms with van der Waals surface area (Å²) in [5.74, 6) is -0.996. The molecule has 2 aromatic heterocycles. The van der Waals surface area contributed by atoms with Gasteiger partial charge in [-0.15, -0.1) is 22.7 Å². The van der Waals surface area contributed by atoms with Crippen LogP contribution in [0.1, 0.15) is 18.2 Å². The van der Waals surface area contributed by atoms with Crippen molar-refractivity contribution in [2.75, 3.05) is 10.6 Å². The number of rotatable bonds is 5. The van der Waals surface area contributed by atoms with Crippen molar-refractivity contribution in [2.45, 2.75) is 19.5 Å². The number of halogens is 3. The molecular formula is C18H14F3N3O2S2. The number of thiazole rings is 1. The molecule has 5 nitrogen and oxygen atoms in total. The second-order valence-corrected chi connectivity index (χ2v) is 7.59. The summed E-state index contributed by atoms with van der Waals surface area (Å²) in [6.07, 6.45) is -4.67. The van der Waals surface area contributed by atoms with Gasteiger partial charge in [0.05, 0.1) is 33.9 Å². The standard InChI is InChI=1S/C18H14F3N3O2S2/c1-10(25)22-13-5-4-11(18(19,20)21)7-14(13)24-16(26)8-12-9-28-17(23-12)15-3-2-6-27-15/h2-7,9H,8H2,1H3,(H,22,25)(H,24,26). The van der Waals surface area contributed by atoms with Crippen LogP contribution in [-0.4, -0.2) is 16.8 Å². The molecule has 1 aromatic carbocycles. The minimum absolute atomic E-state index is 0.0893. The molecule has 0 spiro atoms. The molecule has 0 atom stereocenters. The molecule has 0 saturated carbocycles. The SMILES string of the molecule is CC(=O)Nc1ccc(C(F)(F)F)cc1NC(=O)Cc1csc(-c2cccs2)n1. The summed E-state index contributed by atoms with van der Waals surface area (Å²) >= 11 is 2.91. The van der Waals surface area contributed by atoms with Crippen molar-refractivity contribution in [3.8, 4) is 9.88 Å². The van der Waals surface area contributed by atoms with E-state index in [1.807, 2.05) is 17.5 Å². The lowest BCUT2D eigenvalue weighted by Crippen LogP contribution is -2.18. The molecule has 0 unspecified atom stereocenters. The Morgan fingerprint density at radius 2 is 1.89 bits per heavy atom. The summed E-state index contributed by atoms with van der Waals surface area (Å²) in [5.41, 5.74) is -0.445. The van der Waals surface area contributed by atoms with Crippen molar-refractivity contribution < 1.29 is 22.8 Å². The molecule has 0 fully saturated rings. The highest BCUT2D eigenvalue weighted by Gasteiger charge is 2.31. The van der Waals surface area contributed by atoms with Crippen molar-refractivity contribution in [1.29, 1.82) is 0 Å². The fraction of sp³-hybridized carbons (Fsp3) is 0.167.